The van der Waals surface area contributed by atoms with Crippen LogP contribution >= 0.6 is 0 Å². The molecule has 1 aromatic rings. The Morgan fingerprint density at radius 1 is 1.25 bits per heavy atom. The van der Waals surface area contributed by atoms with Gasteiger partial charge in [0.1, 0.15) is 11.4 Å². The zero-order valence-corrected chi connectivity index (χ0v) is 13.7. The monoisotopic (exact) mass is 336 g/mol. The Balaban J connectivity index is 2.21. The second-order valence-electron chi connectivity index (χ2n) is 6.40. The van der Waals surface area contributed by atoms with E-state index >= 15 is 0 Å². The minimum Gasteiger partial charge on any atom is -0.480 e. The van der Waals surface area contributed by atoms with E-state index in [9.17, 15) is 23.9 Å². The molecule has 1 aliphatic rings. The van der Waals surface area contributed by atoms with E-state index < -0.39 is 29.1 Å². The predicted octanol–water partition coefficient (Wildman–Crippen LogP) is 2.55. The lowest BCUT2D eigenvalue weighted by Gasteiger charge is -2.36. The summed E-state index contributed by atoms with van der Waals surface area (Å²) < 4.78 is 13.7. The number of benzene rings is 1. The van der Waals surface area contributed by atoms with Crippen LogP contribution in [0.2, 0.25) is 0 Å². The molecule has 0 saturated heterocycles. The first-order chi connectivity index (χ1) is 11.2. The minimum atomic E-state index is -1.30. The van der Waals surface area contributed by atoms with Crippen molar-refractivity contribution < 1.29 is 23.9 Å². The summed E-state index contributed by atoms with van der Waals surface area (Å²) in [4.78, 5) is 35.2. The highest BCUT2D eigenvalue weighted by atomic mass is 19.1. The van der Waals surface area contributed by atoms with Crippen molar-refractivity contribution in [3.63, 3.8) is 0 Å². The molecular weight excluding hydrogens is 315 g/mol. The second kappa shape index (κ2) is 6.98. The number of aliphatic carboxylic acids is 1. The van der Waals surface area contributed by atoms with E-state index in [0.29, 0.717) is 31.6 Å². The summed E-state index contributed by atoms with van der Waals surface area (Å²) in [5, 5.41) is 14.5. The van der Waals surface area contributed by atoms with E-state index in [-0.39, 0.29) is 11.3 Å². The van der Waals surface area contributed by atoms with Crippen molar-refractivity contribution in [2.24, 2.45) is 5.92 Å². The van der Waals surface area contributed by atoms with Gasteiger partial charge in [-0.15, -0.1) is 0 Å². The quantitative estimate of drug-likeness (QED) is 0.787. The number of halogens is 1. The molecule has 1 aliphatic carbocycles. The fourth-order valence-electron chi connectivity index (χ4n) is 2.89. The molecule has 0 aliphatic heterocycles. The first kappa shape index (κ1) is 17.9. The van der Waals surface area contributed by atoms with Gasteiger partial charge in [-0.05, 0) is 49.8 Å². The highest BCUT2D eigenvalue weighted by Crippen LogP contribution is 2.32. The third kappa shape index (κ3) is 3.90. The van der Waals surface area contributed by atoms with Crippen molar-refractivity contribution in [3.05, 3.63) is 29.6 Å². The standard InChI is InChI=1S/C17H21FN2O4/c1-10-5-7-17(8-6-10,16(23)24)20-15(22)12-3-4-13(18)14(9-12)19-11(2)21/h3-4,9-10H,5-8H2,1-2H3,(H,19,21)(H,20,22)(H,23,24). The average Bonchev–Trinajstić information content (AvgIpc) is 2.51. The van der Waals surface area contributed by atoms with Crippen molar-refractivity contribution >= 4 is 23.5 Å². The summed E-state index contributed by atoms with van der Waals surface area (Å²) in [6.45, 7) is 3.28. The molecule has 2 amide bonds. The van der Waals surface area contributed by atoms with Gasteiger partial charge < -0.3 is 15.7 Å². The van der Waals surface area contributed by atoms with Gasteiger partial charge in [0, 0.05) is 12.5 Å². The van der Waals surface area contributed by atoms with Crippen LogP contribution in [0.5, 0.6) is 0 Å². The smallest absolute Gasteiger partial charge is 0.329 e. The van der Waals surface area contributed by atoms with E-state index in [1.165, 1.54) is 19.1 Å². The van der Waals surface area contributed by atoms with Crippen molar-refractivity contribution in [1.82, 2.24) is 5.32 Å². The Morgan fingerprint density at radius 2 is 1.88 bits per heavy atom. The van der Waals surface area contributed by atoms with Crippen LogP contribution in [0.25, 0.3) is 0 Å². The van der Waals surface area contributed by atoms with Crippen molar-refractivity contribution in [1.29, 1.82) is 0 Å². The van der Waals surface area contributed by atoms with Crippen LogP contribution in [0.3, 0.4) is 0 Å². The number of hydrogen-bond donors (Lipinski definition) is 3. The molecule has 0 aromatic heterocycles. The third-order valence-corrected chi connectivity index (χ3v) is 4.43. The summed E-state index contributed by atoms with van der Waals surface area (Å²) >= 11 is 0. The fourth-order valence-corrected chi connectivity index (χ4v) is 2.89. The van der Waals surface area contributed by atoms with Crippen LogP contribution in [0.1, 0.15) is 49.9 Å². The lowest BCUT2D eigenvalue weighted by molar-refractivity contribution is -0.146. The van der Waals surface area contributed by atoms with E-state index in [1.54, 1.807) is 0 Å². The van der Waals surface area contributed by atoms with Crippen LogP contribution in [0, 0.1) is 11.7 Å². The Kier molecular flexibility index (Phi) is 5.21. The van der Waals surface area contributed by atoms with Gasteiger partial charge in [-0.25, -0.2) is 9.18 Å². The second-order valence-corrected chi connectivity index (χ2v) is 6.40. The summed E-state index contributed by atoms with van der Waals surface area (Å²) in [7, 11) is 0. The molecule has 0 unspecified atom stereocenters. The summed E-state index contributed by atoms with van der Waals surface area (Å²) in [5.74, 6) is -2.37. The zero-order chi connectivity index (χ0) is 17.9. The van der Waals surface area contributed by atoms with Gasteiger partial charge >= 0.3 is 5.97 Å². The molecule has 0 spiro atoms. The van der Waals surface area contributed by atoms with Gasteiger partial charge in [0.15, 0.2) is 0 Å². The van der Waals surface area contributed by atoms with Gasteiger partial charge in [0.05, 0.1) is 5.69 Å². The molecule has 2 rings (SSSR count). The number of anilines is 1. The molecular formula is C17H21FN2O4. The topological polar surface area (TPSA) is 95.5 Å². The maximum atomic E-state index is 13.7. The number of amides is 2. The van der Waals surface area contributed by atoms with Crippen LogP contribution < -0.4 is 10.6 Å². The summed E-state index contributed by atoms with van der Waals surface area (Å²) in [6, 6.07) is 3.53. The lowest BCUT2D eigenvalue weighted by atomic mass is 9.77. The minimum absolute atomic E-state index is 0.0967. The Hall–Kier alpha value is -2.44. The summed E-state index contributed by atoms with van der Waals surface area (Å²) in [6.07, 6.45) is 2.14. The van der Waals surface area contributed by atoms with Crippen LogP contribution in [-0.2, 0) is 9.59 Å². The Morgan fingerprint density at radius 3 is 2.42 bits per heavy atom. The highest BCUT2D eigenvalue weighted by molar-refractivity contribution is 5.99. The first-order valence-electron chi connectivity index (χ1n) is 7.86. The Labute approximate surface area is 139 Å². The van der Waals surface area contributed by atoms with Crippen molar-refractivity contribution in [2.45, 2.75) is 45.1 Å². The number of nitrogens with one attached hydrogen (secondary N) is 2. The molecule has 1 saturated carbocycles. The van der Waals surface area contributed by atoms with E-state index in [1.807, 2.05) is 6.92 Å². The van der Waals surface area contributed by atoms with E-state index in [0.717, 1.165) is 6.07 Å². The fraction of sp³-hybridized carbons (Fsp3) is 0.471. The van der Waals surface area contributed by atoms with Gasteiger partial charge in [0.2, 0.25) is 5.91 Å². The van der Waals surface area contributed by atoms with Crippen molar-refractivity contribution in [3.8, 4) is 0 Å². The SMILES string of the molecule is CC(=O)Nc1cc(C(=O)NC2(C(=O)O)CCC(C)CC2)ccc1F. The molecule has 7 heteroatoms. The molecule has 24 heavy (non-hydrogen) atoms. The number of rotatable bonds is 4. The average molecular weight is 336 g/mol. The molecule has 3 N–H and O–H groups in total. The van der Waals surface area contributed by atoms with Crippen LogP contribution in [0.15, 0.2) is 18.2 Å². The number of hydrogen-bond acceptors (Lipinski definition) is 3. The number of carboxylic acid groups (broad SMARTS) is 1. The molecule has 0 radical (unpaired) electrons. The molecule has 1 aromatic carbocycles. The molecule has 0 heterocycles. The molecule has 6 nitrogen and oxygen atoms in total. The molecule has 0 atom stereocenters. The number of carbonyl (C=O) groups excluding carboxylic acids is 2. The summed E-state index contributed by atoms with van der Waals surface area (Å²) in [5.41, 5.74) is -1.32. The Bertz CT molecular complexity index is 667. The molecule has 130 valence electrons. The highest BCUT2D eigenvalue weighted by Gasteiger charge is 2.42. The predicted molar refractivity (Wildman–Crippen MR) is 86.2 cm³/mol. The normalized spacial score (nSPS) is 23.4. The lowest BCUT2D eigenvalue weighted by Crippen LogP contribution is -2.56. The van der Waals surface area contributed by atoms with Crippen LogP contribution in [-0.4, -0.2) is 28.4 Å². The van der Waals surface area contributed by atoms with Gasteiger partial charge in [-0.3, -0.25) is 9.59 Å². The largest absolute Gasteiger partial charge is 0.480 e. The van der Waals surface area contributed by atoms with E-state index in [2.05, 4.69) is 10.6 Å². The number of carbonyl (C=O) groups is 3. The molecule has 1 fully saturated rings. The maximum absolute atomic E-state index is 13.7. The van der Waals surface area contributed by atoms with Crippen molar-refractivity contribution in [2.75, 3.05) is 5.32 Å². The van der Waals surface area contributed by atoms with Crippen LogP contribution in [0.4, 0.5) is 10.1 Å². The van der Waals surface area contributed by atoms with Gasteiger partial charge in [0.25, 0.3) is 5.91 Å². The van der Waals surface area contributed by atoms with E-state index in [4.69, 9.17) is 0 Å². The zero-order valence-electron chi connectivity index (χ0n) is 13.7. The molecule has 0 bridgehead atoms. The van der Waals surface area contributed by atoms with Gasteiger partial charge in [-0.2, -0.15) is 0 Å². The first-order valence-corrected chi connectivity index (χ1v) is 7.86. The maximum Gasteiger partial charge on any atom is 0.329 e. The number of carboxylic acids is 1. The van der Waals surface area contributed by atoms with Gasteiger partial charge in [-0.1, -0.05) is 6.92 Å². The third-order valence-electron chi connectivity index (χ3n) is 4.43.